The van der Waals surface area contributed by atoms with Crippen molar-refractivity contribution in [2.45, 2.75) is 58.7 Å². The lowest BCUT2D eigenvalue weighted by molar-refractivity contribution is 0.184. The molecule has 3 heterocycles. The van der Waals surface area contributed by atoms with E-state index >= 15 is 0 Å². The largest absolute Gasteiger partial charge is 0.463 e. The van der Waals surface area contributed by atoms with E-state index in [4.69, 9.17) is 10.5 Å². The molecule has 166 valence electrons. The van der Waals surface area contributed by atoms with Crippen LogP contribution in [0.4, 0.5) is 16.3 Å². The van der Waals surface area contributed by atoms with Crippen LogP contribution < -0.4 is 15.8 Å². The van der Waals surface area contributed by atoms with E-state index in [0.717, 1.165) is 24.9 Å². The number of amides is 2. The van der Waals surface area contributed by atoms with Crippen molar-refractivity contribution < 1.29 is 9.53 Å². The lowest BCUT2D eigenvalue weighted by Gasteiger charge is -2.34. The monoisotopic (exact) mass is 424 g/mol. The molecule has 1 atom stereocenters. The molecule has 1 aromatic heterocycles. The second-order valence-corrected chi connectivity index (χ2v) is 8.37. The second-order valence-electron chi connectivity index (χ2n) is 8.37. The SMILES string of the molecule is CCCCOc1nc(N)c2c(n1)CN(C(C)c1ccc(CN3CCCC3)cc1)C(=O)N2. The first kappa shape index (κ1) is 21.4. The summed E-state index contributed by atoms with van der Waals surface area (Å²) in [7, 11) is 0. The van der Waals surface area contributed by atoms with Gasteiger partial charge in [0.05, 0.1) is 24.9 Å². The van der Waals surface area contributed by atoms with Crippen LogP contribution in [-0.4, -0.2) is 45.5 Å². The number of ether oxygens (including phenoxy) is 1. The average Bonchev–Trinajstić information content (AvgIpc) is 3.27. The Hall–Kier alpha value is -2.87. The molecule has 8 nitrogen and oxygen atoms in total. The van der Waals surface area contributed by atoms with Gasteiger partial charge in [-0.25, -0.2) is 4.79 Å². The molecule has 0 radical (unpaired) electrons. The molecule has 2 aromatic rings. The van der Waals surface area contributed by atoms with Gasteiger partial charge in [-0.15, -0.1) is 0 Å². The molecule has 1 aromatic carbocycles. The Bertz CT molecular complexity index is 911. The van der Waals surface area contributed by atoms with E-state index in [-0.39, 0.29) is 23.9 Å². The van der Waals surface area contributed by atoms with Gasteiger partial charge in [-0.05, 0) is 50.4 Å². The van der Waals surface area contributed by atoms with Gasteiger partial charge in [0.25, 0.3) is 0 Å². The molecule has 2 aliphatic heterocycles. The summed E-state index contributed by atoms with van der Waals surface area (Å²) in [6, 6.07) is 8.53. The molecule has 0 saturated carbocycles. The Morgan fingerprint density at radius 3 is 2.65 bits per heavy atom. The number of carbonyl (C=O) groups excluding carboxylic acids is 1. The minimum Gasteiger partial charge on any atom is -0.463 e. The quantitative estimate of drug-likeness (QED) is 0.623. The molecule has 1 saturated heterocycles. The van der Waals surface area contributed by atoms with Crippen molar-refractivity contribution >= 4 is 17.5 Å². The van der Waals surface area contributed by atoms with Crippen LogP contribution in [0.5, 0.6) is 6.01 Å². The fourth-order valence-electron chi connectivity index (χ4n) is 4.13. The summed E-state index contributed by atoms with van der Waals surface area (Å²) in [5.74, 6) is 0.239. The number of benzene rings is 1. The Balaban J connectivity index is 1.46. The van der Waals surface area contributed by atoms with E-state index in [2.05, 4.69) is 51.4 Å². The van der Waals surface area contributed by atoms with Crippen LogP contribution in [-0.2, 0) is 13.1 Å². The molecule has 2 amide bonds. The summed E-state index contributed by atoms with van der Waals surface area (Å²) in [6.45, 7) is 8.38. The fraction of sp³-hybridized carbons (Fsp3) is 0.522. The van der Waals surface area contributed by atoms with Gasteiger partial charge in [-0.3, -0.25) is 4.90 Å². The van der Waals surface area contributed by atoms with Crippen molar-refractivity contribution in [3.8, 4) is 6.01 Å². The van der Waals surface area contributed by atoms with Crippen molar-refractivity contribution in [2.75, 3.05) is 30.7 Å². The molecule has 3 N–H and O–H groups in total. The van der Waals surface area contributed by atoms with Crippen LogP contribution in [0.1, 0.15) is 62.4 Å². The normalized spacial score (nSPS) is 17.4. The highest BCUT2D eigenvalue weighted by molar-refractivity contribution is 5.95. The van der Waals surface area contributed by atoms with Gasteiger partial charge >= 0.3 is 12.0 Å². The van der Waals surface area contributed by atoms with Crippen LogP contribution >= 0.6 is 0 Å². The highest BCUT2D eigenvalue weighted by Gasteiger charge is 2.30. The molecule has 4 rings (SSSR count). The minimum atomic E-state index is -0.198. The van der Waals surface area contributed by atoms with Gasteiger partial charge in [-0.2, -0.15) is 9.97 Å². The summed E-state index contributed by atoms with van der Waals surface area (Å²) >= 11 is 0. The number of unbranched alkanes of at least 4 members (excludes halogenated alkanes) is 1. The van der Waals surface area contributed by atoms with Crippen molar-refractivity contribution in [1.29, 1.82) is 0 Å². The zero-order valence-electron chi connectivity index (χ0n) is 18.4. The highest BCUT2D eigenvalue weighted by Crippen LogP contribution is 2.33. The van der Waals surface area contributed by atoms with Crippen LogP contribution in [0.2, 0.25) is 0 Å². The lowest BCUT2D eigenvalue weighted by atomic mass is 10.0. The predicted octanol–water partition coefficient (Wildman–Crippen LogP) is 3.94. The van der Waals surface area contributed by atoms with E-state index < -0.39 is 0 Å². The topological polar surface area (TPSA) is 96.6 Å². The second kappa shape index (κ2) is 9.51. The van der Waals surface area contributed by atoms with Gasteiger partial charge in [0.1, 0.15) is 5.69 Å². The number of anilines is 2. The van der Waals surface area contributed by atoms with Gasteiger partial charge in [-0.1, -0.05) is 37.6 Å². The zero-order chi connectivity index (χ0) is 21.8. The third-order valence-corrected chi connectivity index (χ3v) is 6.07. The fourth-order valence-corrected chi connectivity index (χ4v) is 4.13. The smallest absolute Gasteiger partial charge is 0.322 e. The molecule has 1 fully saturated rings. The van der Waals surface area contributed by atoms with Crippen molar-refractivity contribution in [1.82, 2.24) is 19.8 Å². The standard InChI is InChI=1S/C23H32N6O2/c1-3-4-13-31-22-25-19-15-29(23(30)26-20(19)21(24)27-22)16(2)18-9-7-17(8-10-18)14-28-11-5-6-12-28/h7-10,16H,3-6,11-15H2,1-2H3,(H,26,30)(H2,24,25,27). The maximum absolute atomic E-state index is 12.8. The zero-order valence-corrected chi connectivity index (χ0v) is 18.4. The number of nitrogens with two attached hydrogens (primary N) is 1. The van der Waals surface area contributed by atoms with E-state index in [9.17, 15) is 4.79 Å². The van der Waals surface area contributed by atoms with Crippen molar-refractivity contribution in [2.24, 2.45) is 0 Å². The van der Waals surface area contributed by atoms with E-state index in [1.807, 2.05) is 6.92 Å². The maximum Gasteiger partial charge on any atom is 0.322 e. The molecule has 0 spiro atoms. The maximum atomic E-state index is 12.8. The number of urea groups is 1. The third kappa shape index (κ3) is 4.90. The Labute approximate surface area is 183 Å². The average molecular weight is 425 g/mol. The molecule has 8 heteroatoms. The molecule has 1 unspecified atom stereocenters. The van der Waals surface area contributed by atoms with Gasteiger partial charge in [0.2, 0.25) is 0 Å². The van der Waals surface area contributed by atoms with Crippen LogP contribution in [0.15, 0.2) is 24.3 Å². The molecule has 0 aliphatic carbocycles. The third-order valence-electron chi connectivity index (χ3n) is 6.07. The number of hydrogen-bond donors (Lipinski definition) is 2. The number of nitrogens with zero attached hydrogens (tertiary/aromatic N) is 4. The van der Waals surface area contributed by atoms with Crippen molar-refractivity contribution in [3.63, 3.8) is 0 Å². The minimum absolute atomic E-state index is 0.102. The van der Waals surface area contributed by atoms with Crippen LogP contribution in [0, 0.1) is 0 Å². The van der Waals surface area contributed by atoms with Gasteiger partial charge < -0.3 is 20.7 Å². The summed E-state index contributed by atoms with van der Waals surface area (Å²) in [6.07, 6.45) is 4.53. The number of fused-ring (bicyclic) bond motifs is 1. The lowest BCUT2D eigenvalue weighted by Crippen LogP contribution is -2.41. The van der Waals surface area contributed by atoms with E-state index in [1.54, 1.807) is 4.90 Å². The summed E-state index contributed by atoms with van der Waals surface area (Å²) in [4.78, 5) is 25.7. The number of aromatic nitrogens is 2. The predicted molar refractivity (Wildman–Crippen MR) is 121 cm³/mol. The van der Waals surface area contributed by atoms with Gasteiger partial charge in [0.15, 0.2) is 5.82 Å². The van der Waals surface area contributed by atoms with Gasteiger partial charge in [0, 0.05) is 6.54 Å². The summed E-state index contributed by atoms with van der Waals surface area (Å²) < 4.78 is 5.63. The summed E-state index contributed by atoms with van der Waals surface area (Å²) in [5.41, 5.74) is 9.61. The first-order chi connectivity index (χ1) is 15.0. The molecular weight excluding hydrogens is 392 g/mol. The Morgan fingerprint density at radius 2 is 1.94 bits per heavy atom. The number of hydrogen-bond acceptors (Lipinski definition) is 6. The van der Waals surface area contributed by atoms with Crippen molar-refractivity contribution in [3.05, 3.63) is 41.1 Å². The number of rotatable bonds is 8. The number of nitrogen functional groups attached to an aromatic ring is 1. The van der Waals surface area contributed by atoms with E-state index in [1.165, 1.54) is 31.5 Å². The highest BCUT2D eigenvalue weighted by atomic mass is 16.5. The van der Waals surface area contributed by atoms with E-state index in [0.29, 0.717) is 24.5 Å². The van der Waals surface area contributed by atoms with Crippen LogP contribution in [0.25, 0.3) is 0 Å². The summed E-state index contributed by atoms with van der Waals surface area (Å²) in [5, 5.41) is 2.86. The number of likely N-dealkylation sites (tertiary alicyclic amines) is 1. The molecule has 2 aliphatic rings. The first-order valence-electron chi connectivity index (χ1n) is 11.2. The Kier molecular flexibility index (Phi) is 6.56. The first-order valence-corrected chi connectivity index (χ1v) is 11.2. The van der Waals surface area contributed by atoms with Crippen LogP contribution in [0.3, 0.4) is 0 Å². The molecular formula is C23H32N6O2. The number of carbonyl (C=O) groups is 1. The Morgan fingerprint density at radius 1 is 1.19 bits per heavy atom. The molecule has 0 bridgehead atoms. The number of nitrogens with one attached hydrogen (secondary N) is 1. The molecule has 31 heavy (non-hydrogen) atoms.